The summed E-state index contributed by atoms with van der Waals surface area (Å²) in [5, 5.41) is 29.1. The zero-order chi connectivity index (χ0) is 14.8. The third kappa shape index (κ3) is 5.09. The molecule has 114 valence electrons. The van der Waals surface area contributed by atoms with Crippen LogP contribution in [0.2, 0.25) is 0 Å². The Balaban J connectivity index is 2.67. The van der Waals surface area contributed by atoms with Gasteiger partial charge in [0.2, 0.25) is 0 Å². The van der Waals surface area contributed by atoms with Gasteiger partial charge in [-0.15, -0.1) is 0 Å². The van der Waals surface area contributed by atoms with Crippen LogP contribution in [0, 0.1) is 0 Å². The van der Waals surface area contributed by atoms with E-state index in [1.807, 2.05) is 0 Å². The summed E-state index contributed by atoms with van der Waals surface area (Å²) in [4.78, 5) is 17.6. The zero-order valence-electron chi connectivity index (χ0n) is 10.8. The molecule has 9 heteroatoms. The van der Waals surface area contributed by atoms with E-state index in [0.717, 1.165) is 0 Å². The van der Waals surface area contributed by atoms with Gasteiger partial charge in [-0.3, -0.25) is 4.57 Å². The fourth-order valence-electron chi connectivity index (χ4n) is 1.83. The molecule has 1 fully saturated rings. The van der Waals surface area contributed by atoms with E-state index in [4.69, 9.17) is 19.3 Å². The van der Waals surface area contributed by atoms with Gasteiger partial charge in [0.25, 0.3) is 0 Å². The summed E-state index contributed by atoms with van der Waals surface area (Å²) in [6.07, 6.45) is -7.37. The van der Waals surface area contributed by atoms with E-state index in [2.05, 4.69) is 0 Å². The molecule has 0 aromatic heterocycles. The van der Waals surface area contributed by atoms with Crippen LogP contribution in [0.5, 0.6) is 0 Å². The highest BCUT2D eigenvalue weighted by Crippen LogP contribution is 2.37. The maximum Gasteiger partial charge on any atom is 0.325 e. The van der Waals surface area contributed by atoms with Crippen molar-refractivity contribution in [3.8, 4) is 0 Å². The highest BCUT2D eigenvalue weighted by atomic mass is 31.2. The number of aliphatic hydroxyl groups is 3. The SMILES string of the molecule is CC(C)OC1O[C@H](CCP(=O)(O)O)[C@@H](O)[C@H](O)[C@@H]1O. The molecule has 8 nitrogen and oxygen atoms in total. The predicted molar refractivity (Wildman–Crippen MR) is 64.4 cm³/mol. The van der Waals surface area contributed by atoms with Gasteiger partial charge in [-0.05, 0) is 20.3 Å². The number of hydrogen-bond donors (Lipinski definition) is 5. The quantitative estimate of drug-likeness (QED) is 0.399. The van der Waals surface area contributed by atoms with E-state index in [9.17, 15) is 19.9 Å². The van der Waals surface area contributed by atoms with Gasteiger partial charge in [0.15, 0.2) is 6.29 Å². The lowest BCUT2D eigenvalue weighted by atomic mass is 9.97. The van der Waals surface area contributed by atoms with E-state index < -0.39 is 44.5 Å². The van der Waals surface area contributed by atoms with Crippen molar-refractivity contribution in [1.82, 2.24) is 0 Å². The first kappa shape index (κ1) is 17.0. The summed E-state index contributed by atoms with van der Waals surface area (Å²) in [5.41, 5.74) is 0. The Morgan fingerprint density at radius 3 is 2.21 bits per heavy atom. The molecule has 1 unspecified atom stereocenters. The molecule has 0 radical (unpaired) electrons. The van der Waals surface area contributed by atoms with Gasteiger partial charge >= 0.3 is 7.60 Å². The summed E-state index contributed by atoms with van der Waals surface area (Å²) >= 11 is 0. The fourth-order valence-corrected chi connectivity index (χ4v) is 2.42. The molecular formula is C10H21O8P. The second-order valence-electron chi connectivity index (χ2n) is 4.88. The Labute approximate surface area is 111 Å². The molecule has 1 rings (SSSR count). The van der Waals surface area contributed by atoms with Gasteiger partial charge in [-0.2, -0.15) is 0 Å². The van der Waals surface area contributed by atoms with E-state index in [-0.39, 0.29) is 12.5 Å². The first-order valence-corrected chi connectivity index (χ1v) is 7.81. The summed E-state index contributed by atoms with van der Waals surface area (Å²) in [5.74, 6) is 0. The van der Waals surface area contributed by atoms with Crippen molar-refractivity contribution in [3.05, 3.63) is 0 Å². The van der Waals surface area contributed by atoms with Gasteiger partial charge in [0.05, 0.1) is 18.4 Å². The standard InChI is InChI=1S/C10H21O8P/c1-5(2)17-10-9(13)8(12)7(11)6(18-10)3-4-19(14,15)16/h5-13H,3-4H2,1-2H3,(H2,14,15,16)/t6-,7-,8+,9+,10?/m1/s1. The highest BCUT2D eigenvalue weighted by molar-refractivity contribution is 7.51. The molecule has 1 aliphatic heterocycles. The molecule has 0 aromatic carbocycles. The average molecular weight is 300 g/mol. The highest BCUT2D eigenvalue weighted by Gasteiger charge is 2.44. The molecule has 0 aliphatic carbocycles. The molecular weight excluding hydrogens is 279 g/mol. The van der Waals surface area contributed by atoms with Gasteiger partial charge in [-0.25, -0.2) is 0 Å². The molecule has 0 bridgehead atoms. The van der Waals surface area contributed by atoms with Gasteiger partial charge in [0, 0.05) is 0 Å². The molecule has 1 aliphatic rings. The summed E-state index contributed by atoms with van der Waals surface area (Å²) in [6.45, 7) is 3.41. The third-order valence-corrected chi connectivity index (χ3v) is 3.62. The summed E-state index contributed by atoms with van der Waals surface area (Å²) in [6, 6.07) is 0. The first-order valence-electron chi connectivity index (χ1n) is 6.01. The van der Waals surface area contributed by atoms with Crippen molar-refractivity contribution in [1.29, 1.82) is 0 Å². The second-order valence-corrected chi connectivity index (χ2v) is 6.65. The van der Waals surface area contributed by atoms with Crippen LogP contribution in [0.25, 0.3) is 0 Å². The second kappa shape index (κ2) is 6.60. The lowest BCUT2D eigenvalue weighted by Crippen LogP contribution is -2.58. The minimum absolute atomic E-state index is 0.146. The van der Waals surface area contributed by atoms with Gasteiger partial charge in [-0.1, -0.05) is 0 Å². The van der Waals surface area contributed by atoms with E-state index in [1.165, 1.54) is 0 Å². The average Bonchev–Trinajstić information content (AvgIpc) is 2.26. The number of hydrogen-bond acceptors (Lipinski definition) is 6. The van der Waals surface area contributed by atoms with Crippen molar-refractivity contribution in [2.45, 2.75) is 57.1 Å². The Morgan fingerprint density at radius 1 is 1.16 bits per heavy atom. The van der Waals surface area contributed by atoms with Crippen molar-refractivity contribution < 1.29 is 39.1 Å². The summed E-state index contributed by atoms with van der Waals surface area (Å²) in [7, 11) is -4.22. The van der Waals surface area contributed by atoms with E-state index >= 15 is 0 Å². The van der Waals surface area contributed by atoms with Gasteiger partial charge < -0.3 is 34.6 Å². The van der Waals surface area contributed by atoms with Crippen LogP contribution in [0.3, 0.4) is 0 Å². The van der Waals surface area contributed by atoms with Crippen molar-refractivity contribution in [3.63, 3.8) is 0 Å². The minimum atomic E-state index is -4.22. The van der Waals surface area contributed by atoms with Crippen molar-refractivity contribution in [2.75, 3.05) is 6.16 Å². The fraction of sp³-hybridized carbons (Fsp3) is 1.00. The molecule has 5 N–H and O–H groups in total. The van der Waals surface area contributed by atoms with E-state index in [0.29, 0.717) is 0 Å². The first-order chi connectivity index (χ1) is 8.61. The van der Waals surface area contributed by atoms with Crippen LogP contribution in [-0.4, -0.2) is 68.1 Å². The molecule has 1 saturated heterocycles. The van der Waals surface area contributed by atoms with Crippen LogP contribution < -0.4 is 0 Å². The van der Waals surface area contributed by atoms with Crippen LogP contribution in [-0.2, 0) is 14.0 Å². The Bertz CT molecular complexity index is 329. The minimum Gasteiger partial charge on any atom is -0.388 e. The topological polar surface area (TPSA) is 137 Å². The number of rotatable bonds is 5. The van der Waals surface area contributed by atoms with Crippen molar-refractivity contribution >= 4 is 7.60 Å². The Morgan fingerprint density at radius 2 is 1.74 bits per heavy atom. The third-order valence-electron chi connectivity index (χ3n) is 2.78. The Hall–Kier alpha value is -0.0500. The van der Waals surface area contributed by atoms with Crippen molar-refractivity contribution in [2.24, 2.45) is 0 Å². The van der Waals surface area contributed by atoms with Crippen LogP contribution in [0.15, 0.2) is 0 Å². The normalized spacial score (nSPS) is 36.7. The van der Waals surface area contributed by atoms with Crippen LogP contribution in [0.4, 0.5) is 0 Å². The number of aliphatic hydroxyl groups excluding tert-OH is 3. The molecule has 1 heterocycles. The predicted octanol–water partition coefficient (Wildman–Crippen LogP) is -1.21. The summed E-state index contributed by atoms with van der Waals surface area (Å²) < 4.78 is 21.3. The maximum atomic E-state index is 10.8. The lowest BCUT2D eigenvalue weighted by Gasteiger charge is -2.41. The number of ether oxygens (including phenoxy) is 2. The molecule has 0 saturated carbocycles. The Kier molecular flexibility index (Phi) is 5.91. The smallest absolute Gasteiger partial charge is 0.325 e. The molecule has 19 heavy (non-hydrogen) atoms. The molecule has 0 aromatic rings. The van der Waals surface area contributed by atoms with Gasteiger partial charge in [0.1, 0.15) is 18.3 Å². The van der Waals surface area contributed by atoms with E-state index in [1.54, 1.807) is 13.8 Å². The molecule has 0 amide bonds. The monoisotopic (exact) mass is 300 g/mol. The molecule has 0 spiro atoms. The molecule has 5 atom stereocenters. The largest absolute Gasteiger partial charge is 0.388 e. The van der Waals surface area contributed by atoms with Crippen LogP contribution >= 0.6 is 7.60 Å². The van der Waals surface area contributed by atoms with Crippen LogP contribution in [0.1, 0.15) is 20.3 Å². The zero-order valence-corrected chi connectivity index (χ0v) is 11.7. The lowest BCUT2D eigenvalue weighted by molar-refractivity contribution is -0.304. The maximum absolute atomic E-state index is 10.8.